The molecule has 1 rings (SSSR count). The maximum Gasteiger partial charge on any atom is 0.277 e. The molecule has 5 nitrogen and oxygen atoms in total. The highest BCUT2D eigenvalue weighted by molar-refractivity contribution is 6.29. The van der Waals surface area contributed by atoms with Gasteiger partial charge in [0.15, 0.2) is 0 Å². The van der Waals surface area contributed by atoms with Gasteiger partial charge in [-0.05, 0) is 6.92 Å². The molecule has 0 aliphatic carbocycles. The zero-order valence-electron chi connectivity index (χ0n) is 8.77. The minimum atomic E-state index is -0.542. The fourth-order valence-electron chi connectivity index (χ4n) is 0.969. The van der Waals surface area contributed by atoms with Crippen LogP contribution in [0.25, 0.3) is 0 Å². The molecule has 0 aromatic carbocycles. The third kappa shape index (κ3) is 3.86. The van der Waals surface area contributed by atoms with Gasteiger partial charge >= 0.3 is 0 Å². The molecule has 1 aromatic heterocycles. The van der Waals surface area contributed by atoms with Crippen molar-refractivity contribution in [2.45, 2.75) is 13.3 Å². The number of hydrogen-bond donors (Lipinski definition) is 0. The largest absolute Gasteiger partial charge is 0.477 e. The fraction of sp³-hybridized carbons (Fsp3) is 0.300. The summed E-state index contributed by atoms with van der Waals surface area (Å²) in [6.07, 6.45) is 0.669. The van der Waals surface area contributed by atoms with E-state index in [-0.39, 0.29) is 16.7 Å². The molecule has 1 aromatic rings. The molecule has 0 aliphatic rings. The van der Waals surface area contributed by atoms with Crippen molar-refractivity contribution in [3.63, 3.8) is 0 Å². The Morgan fingerprint density at radius 1 is 1.69 bits per heavy atom. The van der Waals surface area contributed by atoms with E-state index in [2.05, 4.69) is 11.6 Å². The molecular weight excluding hydrogens is 232 g/mol. The second-order valence-corrected chi connectivity index (χ2v) is 3.69. The molecule has 0 saturated heterocycles. The van der Waals surface area contributed by atoms with Gasteiger partial charge in [-0.25, -0.2) is 4.98 Å². The van der Waals surface area contributed by atoms with Gasteiger partial charge in [0.05, 0.1) is 23.7 Å². The Labute approximate surface area is 97.9 Å². The molecule has 16 heavy (non-hydrogen) atoms. The predicted molar refractivity (Wildman–Crippen MR) is 60.8 cm³/mol. The first-order valence-electron chi connectivity index (χ1n) is 4.58. The van der Waals surface area contributed by atoms with E-state index in [4.69, 9.17) is 16.3 Å². The van der Waals surface area contributed by atoms with Crippen LogP contribution in [0.15, 0.2) is 24.3 Å². The van der Waals surface area contributed by atoms with Crippen LogP contribution in [0.5, 0.6) is 5.88 Å². The summed E-state index contributed by atoms with van der Waals surface area (Å²) in [5.41, 5.74) is 0.835. The molecule has 0 atom stereocenters. The summed E-state index contributed by atoms with van der Waals surface area (Å²) in [5.74, 6) is 0.153. The quantitative estimate of drug-likeness (QED) is 0.345. The Morgan fingerprint density at radius 2 is 2.38 bits per heavy atom. The minimum absolute atomic E-state index is 0.0412. The van der Waals surface area contributed by atoms with Gasteiger partial charge in [0, 0.05) is 6.42 Å². The van der Waals surface area contributed by atoms with Crippen LogP contribution in [-0.4, -0.2) is 16.5 Å². The van der Waals surface area contributed by atoms with E-state index in [0.717, 1.165) is 5.57 Å². The molecule has 0 amide bonds. The Balaban J connectivity index is 2.72. The van der Waals surface area contributed by atoms with E-state index >= 15 is 0 Å². The molecule has 0 aliphatic heterocycles. The number of nitro groups is 1. The van der Waals surface area contributed by atoms with Crippen LogP contribution in [-0.2, 0) is 0 Å². The van der Waals surface area contributed by atoms with Crippen molar-refractivity contribution in [1.82, 2.24) is 4.98 Å². The van der Waals surface area contributed by atoms with Gasteiger partial charge < -0.3 is 4.74 Å². The molecular formula is C10H11ClN2O3. The van der Waals surface area contributed by atoms with Crippen LogP contribution in [0.3, 0.4) is 0 Å². The van der Waals surface area contributed by atoms with Crippen molar-refractivity contribution in [2.24, 2.45) is 0 Å². The number of aromatic nitrogens is 1. The summed E-state index contributed by atoms with van der Waals surface area (Å²) in [5, 5.41) is 10.6. The molecule has 0 N–H and O–H groups in total. The van der Waals surface area contributed by atoms with Gasteiger partial charge in [-0.2, -0.15) is 0 Å². The number of halogens is 1. The molecule has 6 heteroatoms. The second-order valence-electron chi connectivity index (χ2n) is 3.30. The molecule has 0 unspecified atom stereocenters. The normalized spacial score (nSPS) is 9.88. The van der Waals surface area contributed by atoms with Gasteiger partial charge in [-0.3, -0.25) is 10.1 Å². The van der Waals surface area contributed by atoms with Crippen molar-refractivity contribution < 1.29 is 9.66 Å². The topological polar surface area (TPSA) is 65.3 Å². The number of ether oxygens (including phenoxy) is 1. The summed E-state index contributed by atoms with van der Waals surface area (Å²) in [6.45, 7) is 5.96. The number of hydrogen-bond acceptors (Lipinski definition) is 4. The standard InChI is InChI=1S/C10H11ClN2O3/c1-7(2)3-4-16-10-6-8(13(14)15)5-9(11)12-10/h5-6H,1,3-4H2,2H3. The molecule has 0 spiro atoms. The van der Waals surface area contributed by atoms with Crippen LogP contribution in [0.2, 0.25) is 5.15 Å². The van der Waals surface area contributed by atoms with E-state index < -0.39 is 4.92 Å². The Morgan fingerprint density at radius 3 is 2.94 bits per heavy atom. The smallest absolute Gasteiger partial charge is 0.277 e. The first-order chi connectivity index (χ1) is 7.49. The average molecular weight is 243 g/mol. The van der Waals surface area contributed by atoms with Crippen LogP contribution in [0, 0.1) is 10.1 Å². The van der Waals surface area contributed by atoms with E-state index in [1.807, 2.05) is 6.92 Å². The Bertz CT molecular complexity index is 421. The first-order valence-corrected chi connectivity index (χ1v) is 4.96. The highest BCUT2D eigenvalue weighted by atomic mass is 35.5. The summed E-state index contributed by atoms with van der Waals surface area (Å²) in [6, 6.07) is 2.41. The highest BCUT2D eigenvalue weighted by Gasteiger charge is 2.10. The highest BCUT2D eigenvalue weighted by Crippen LogP contribution is 2.22. The SMILES string of the molecule is C=C(C)CCOc1cc([N+](=O)[O-])cc(Cl)n1. The van der Waals surface area contributed by atoms with Crippen molar-refractivity contribution in [2.75, 3.05) is 6.61 Å². The number of rotatable bonds is 5. The number of pyridine rings is 1. The Hall–Kier alpha value is -1.62. The minimum Gasteiger partial charge on any atom is -0.477 e. The molecule has 86 valence electrons. The lowest BCUT2D eigenvalue weighted by atomic mass is 10.3. The van der Waals surface area contributed by atoms with E-state index in [1.54, 1.807) is 0 Å². The summed E-state index contributed by atoms with van der Waals surface area (Å²) < 4.78 is 5.23. The third-order valence-electron chi connectivity index (χ3n) is 1.74. The molecule has 0 bridgehead atoms. The monoisotopic (exact) mass is 242 g/mol. The van der Waals surface area contributed by atoms with Crippen LogP contribution < -0.4 is 4.74 Å². The third-order valence-corrected chi connectivity index (χ3v) is 1.94. The zero-order valence-corrected chi connectivity index (χ0v) is 9.53. The van der Waals surface area contributed by atoms with Gasteiger partial charge in [-0.15, -0.1) is 6.58 Å². The van der Waals surface area contributed by atoms with Gasteiger partial charge in [0.25, 0.3) is 5.69 Å². The maximum absolute atomic E-state index is 10.5. The van der Waals surface area contributed by atoms with Crippen LogP contribution in [0.1, 0.15) is 13.3 Å². The van der Waals surface area contributed by atoms with Crippen molar-refractivity contribution in [3.8, 4) is 5.88 Å². The molecule has 1 heterocycles. The van der Waals surface area contributed by atoms with Crippen molar-refractivity contribution in [3.05, 3.63) is 39.6 Å². The van der Waals surface area contributed by atoms with Crippen LogP contribution in [0.4, 0.5) is 5.69 Å². The van der Waals surface area contributed by atoms with E-state index in [9.17, 15) is 10.1 Å². The average Bonchev–Trinajstić information content (AvgIpc) is 2.16. The maximum atomic E-state index is 10.5. The fourth-order valence-corrected chi connectivity index (χ4v) is 1.16. The van der Waals surface area contributed by atoms with Gasteiger partial charge in [-0.1, -0.05) is 17.2 Å². The lowest BCUT2D eigenvalue weighted by Gasteiger charge is -2.04. The first kappa shape index (κ1) is 12.4. The predicted octanol–water partition coefficient (Wildman–Crippen LogP) is 2.99. The number of nitrogens with zero attached hydrogens (tertiary/aromatic N) is 2. The second kappa shape index (κ2) is 5.46. The van der Waals surface area contributed by atoms with Crippen molar-refractivity contribution in [1.29, 1.82) is 0 Å². The summed E-state index contributed by atoms with van der Waals surface area (Å²) >= 11 is 5.62. The summed E-state index contributed by atoms with van der Waals surface area (Å²) in [4.78, 5) is 13.8. The van der Waals surface area contributed by atoms with E-state index in [0.29, 0.717) is 13.0 Å². The van der Waals surface area contributed by atoms with Gasteiger partial charge in [0.1, 0.15) is 5.15 Å². The zero-order chi connectivity index (χ0) is 12.1. The molecule has 0 fully saturated rings. The Kier molecular flexibility index (Phi) is 4.25. The lowest BCUT2D eigenvalue weighted by Crippen LogP contribution is -2.00. The molecule has 0 saturated carbocycles. The van der Waals surface area contributed by atoms with Gasteiger partial charge in [0.2, 0.25) is 5.88 Å². The summed E-state index contributed by atoms with van der Waals surface area (Å²) in [7, 11) is 0. The lowest BCUT2D eigenvalue weighted by molar-refractivity contribution is -0.385. The molecule has 0 radical (unpaired) electrons. The van der Waals surface area contributed by atoms with Crippen molar-refractivity contribution >= 4 is 17.3 Å². The van der Waals surface area contributed by atoms with E-state index in [1.165, 1.54) is 12.1 Å². The van der Waals surface area contributed by atoms with Crippen LogP contribution >= 0.6 is 11.6 Å².